The molecular weight excluding hydrogens is 422 g/mol. The summed E-state index contributed by atoms with van der Waals surface area (Å²) < 4.78 is 12.6. The first-order valence-electron chi connectivity index (χ1n) is 11.9. The number of aromatic amines is 1. The Bertz CT molecular complexity index is 1200. The highest BCUT2D eigenvalue weighted by molar-refractivity contribution is 5.97. The predicted octanol–water partition coefficient (Wildman–Crippen LogP) is -0.162. The van der Waals surface area contributed by atoms with Gasteiger partial charge in [0.25, 0.3) is 5.56 Å². The smallest absolute Gasteiger partial charge is 0.259 e. The van der Waals surface area contributed by atoms with Crippen molar-refractivity contribution in [2.75, 3.05) is 59.7 Å². The molecule has 1 amide bonds. The Morgan fingerprint density at radius 2 is 2.09 bits per heavy atom. The van der Waals surface area contributed by atoms with E-state index in [0.717, 1.165) is 69.3 Å². The van der Waals surface area contributed by atoms with Gasteiger partial charge in [0.15, 0.2) is 0 Å². The monoisotopic (exact) mass is 455 g/mol. The molecule has 178 valence electrons. The molecule has 4 heterocycles. The van der Waals surface area contributed by atoms with E-state index in [4.69, 9.17) is 9.47 Å². The number of carbonyl (C=O) groups excluding carboxylic acids is 1. The van der Waals surface area contributed by atoms with Crippen molar-refractivity contribution >= 4 is 29.0 Å². The van der Waals surface area contributed by atoms with Gasteiger partial charge in [-0.2, -0.15) is 5.10 Å². The Hall–Kier alpha value is -2.49. The van der Waals surface area contributed by atoms with E-state index in [2.05, 4.69) is 15.0 Å². The number of ether oxygens (including phenoxy) is 2. The highest BCUT2D eigenvalue weighted by Gasteiger charge is 2.37. The molecule has 33 heavy (non-hydrogen) atoms. The molecule has 1 unspecified atom stereocenters. The van der Waals surface area contributed by atoms with Crippen LogP contribution in [0.15, 0.2) is 11.0 Å². The summed E-state index contributed by atoms with van der Waals surface area (Å²) in [5.41, 5.74) is -0.156. The number of hydrogen-bond donors (Lipinski definition) is 1. The van der Waals surface area contributed by atoms with Crippen LogP contribution in [0, 0.1) is 5.41 Å². The molecule has 2 saturated heterocycles. The number of rotatable bonds is 7. The van der Waals surface area contributed by atoms with Crippen LogP contribution in [-0.4, -0.2) is 90.1 Å². The van der Waals surface area contributed by atoms with Crippen molar-refractivity contribution in [2.45, 2.75) is 32.2 Å². The maximum atomic E-state index is 13.6. The maximum absolute atomic E-state index is 13.6. The first-order valence-corrected chi connectivity index (χ1v) is 11.9. The molecular formula is C24H33N5O4. The summed E-state index contributed by atoms with van der Waals surface area (Å²) in [5, 5.41) is 6.68. The highest BCUT2D eigenvalue weighted by atomic mass is 16.5. The lowest BCUT2D eigenvalue weighted by atomic mass is 9.90. The van der Waals surface area contributed by atoms with Crippen molar-refractivity contribution in [3.63, 3.8) is 0 Å². The van der Waals surface area contributed by atoms with Crippen molar-refractivity contribution in [3.8, 4) is 0 Å². The second kappa shape index (κ2) is 9.04. The number of H-pyrrole nitrogens is 1. The second-order valence-corrected chi connectivity index (χ2v) is 9.56. The molecule has 2 fully saturated rings. The Balaban J connectivity index is 1.37. The summed E-state index contributed by atoms with van der Waals surface area (Å²) >= 11 is 0. The summed E-state index contributed by atoms with van der Waals surface area (Å²) in [6, 6.07) is 0.112. The van der Waals surface area contributed by atoms with E-state index in [9.17, 15) is 9.59 Å². The van der Waals surface area contributed by atoms with Gasteiger partial charge in [0, 0.05) is 57.1 Å². The summed E-state index contributed by atoms with van der Waals surface area (Å²) in [5.74, 6) is 0.0852. The van der Waals surface area contributed by atoms with Crippen LogP contribution < -0.4 is 16.1 Å². The lowest BCUT2D eigenvalue weighted by Gasteiger charge is -2.37. The van der Waals surface area contributed by atoms with Gasteiger partial charge >= 0.3 is 0 Å². The first kappa shape index (κ1) is 22.3. The molecule has 0 bridgehead atoms. The third-order valence-corrected chi connectivity index (χ3v) is 7.17. The molecule has 2 atom stereocenters. The number of piperazine rings is 1. The van der Waals surface area contributed by atoms with Crippen molar-refractivity contribution in [3.05, 3.63) is 27.1 Å². The van der Waals surface area contributed by atoms with Gasteiger partial charge in [-0.1, -0.05) is 6.08 Å². The fraction of sp³-hybridized carbons (Fsp3) is 0.625. The van der Waals surface area contributed by atoms with Crippen LogP contribution in [-0.2, 0) is 14.3 Å². The van der Waals surface area contributed by atoms with E-state index in [1.54, 1.807) is 13.3 Å². The average molecular weight is 456 g/mol. The number of carbonyl (C=O) groups is 1. The van der Waals surface area contributed by atoms with Crippen LogP contribution in [0.3, 0.4) is 0 Å². The summed E-state index contributed by atoms with van der Waals surface area (Å²) in [7, 11) is 1.73. The van der Waals surface area contributed by atoms with Crippen LogP contribution in [0.2, 0.25) is 0 Å². The van der Waals surface area contributed by atoms with Crippen LogP contribution >= 0.6 is 0 Å². The number of nitrogens with zero attached hydrogens (tertiary/aromatic N) is 4. The maximum Gasteiger partial charge on any atom is 0.259 e. The number of unbranched alkanes of at least 4 members (excludes halogenated alkanes) is 1. The van der Waals surface area contributed by atoms with Gasteiger partial charge in [-0.15, -0.1) is 0 Å². The van der Waals surface area contributed by atoms with Crippen molar-refractivity contribution in [1.82, 2.24) is 24.6 Å². The fourth-order valence-corrected chi connectivity index (χ4v) is 5.30. The van der Waals surface area contributed by atoms with Gasteiger partial charge in [0.2, 0.25) is 5.91 Å². The molecule has 1 aliphatic carbocycles. The summed E-state index contributed by atoms with van der Waals surface area (Å²) in [6.45, 7) is 8.28. The Kier molecular flexibility index (Phi) is 6.11. The van der Waals surface area contributed by atoms with Crippen LogP contribution in [0.4, 0.5) is 0 Å². The lowest BCUT2D eigenvalue weighted by Crippen LogP contribution is -2.51. The van der Waals surface area contributed by atoms with E-state index in [1.165, 1.54) is 0 Å². The van der Waals surface area contributed by atoms with Crippen LogP contribution in [0.5, 0.6) is 0 Å². The fourth-order valence-electron chi connectivity index (χ4n) is 5.30. The van der Waals surface area contributed by atoms with Gasteiger partial charge in [-0.05, 0) is 38.8 Å². The number of hydrogen-bond acceptors (Lipinski definition) is 6. The highest BCUT2D eigenvalue weighted by Crippen LogP contribution is 2.28. The van der Waals surface area contributed by atoms with Crippen molar-refractivity contribution in [1.29, 1.82) is 0 Å². The Labute approximate surface area is 192 Å². The van der Waals surface area contributed by atoms with E-state index in [1.807, 2.05) is 28.7 Å². The molecule has 0 aromatic carbocycles. The molecule has 2 aromatic heterocycles. The number of pyridine rings is 1. The third-order valence-electron chi connectivity index (χ3n) is 7.17. The molecule has 1 N–H and O–H groups in total. The van der Waals surface area contributed by atoms with Gasteiger partial charge in [0.05, 0.1) is 35.2 Å². The molecule has 2 aliphatic heterocycles. The Morgan fingerprint density at radius 1 is 1.27 bits per heavy atom. The normalized spacial score (nSPS) is 25.3. The van der Waals surface area contributed by atoms with Crippen molar-refractivity contribution < 1.29 is 14.3 Å². The molecule has 2 aromatic rings. The van der Waals surface area contributed by atoms with Crippen LogP contribution in [0.25, 0.3) is 23.1 Å². The SMILES string of the molecule is COCCCCN1CCN(C(=O)C2(C)C=c3[nH]c(=O)c4cnn([C@@H]5CCOC5)c4c3=C2)CC1. The topological polar surface area (TPSA) is 92.7 Å². The molecule has 0 spiro atoms. The quantitative estimate of drug-likeness (QED) is 0.584. The molecule has 3 aliphatic rings. The van der Waals surface area contributed by atoms with E-state index in [-0.39, 0.29) is 17.5 Å². The molecule has 0 radical (unpaired) electrons. The minimum absolute atomic E-state index is 0.0852. The number of amides is 1. The van der Waals surface area contributed by atoms with E-state index >= 15 is 0 Å². The molecule has 9 heteroatoms. The largest absolute Gasteiger partial charge is 0.385 e. The number of aromatic nitrogens is 3. The predicted molar refractivity (Wildman–Crippen MR) is 125 cm³/mol. The molecule has 9 nitrogen and oxygen atoms in total. The Morgan fingerprint density at radius 3 is 2.82 bits per heavy atom. The van der Waals surface area contributed by atoms with Gasteiger partial charge in [-0.3, -0.25) is 19.2 Å². The minimum atomic E-state index is -0.790. The van der Waals surface area contributed by atoms with E-state index in [0.29, 0.717) is 23.9 Å². The van der Waals surface area contributed by atoms with Crippen LogP contribution in [0.1, 0.15) is 32.2 Å². The lowest BCUT2D eigenvalue weighted by molar-refractivity contribution is -0.137. The zero-order valence-corrected chi connectivity index (χ0v) is 19.5. The van der Waals surface area contributed by atoms with Gasteiger partial charge in [0.1, 0.15) is 0 Å². The number of methoxy groups -OCH3 is 1. The minimum Gasteiger partial charge on any atom is -0.385 e. The van der Waals surface area contributed by atoms with E-state index < -0.39 is 5.41 Å². The van der Waals surface area contributed by atoms with Gasteiger partial charge in [-0.25, -0.2) is 0 Å². The molecule has 5 rings (SSSR count). The number of nitrogens with one attached hydrogen (secondary N) is 1. The first-order chi connectivity index (χ1) is 16.0. The standard InChI is InChI=1S/C24H33N5O4/c1-24(23(31)28-9-7-27(8-10-28)6-3-4-11-32-2)13-18-20(14-24)26-22(30)19-15-25-29(21(18)19)17-5-12-33-16-17/h13-15,17H,3-12,16H2,1-2H3,(H,26,30)/t17-,24?/m1/s1. The van der Waals surface area contributed by atoms with Gasteiger partial charge < -0.3 is 19.4 Å². The summed E-state index contributed by atoms with van der Waals surface area (Å²) in [4.78, 5) is 33.7. The average Bonchev–Trinajstić information content (AvgIpc) is 3.55. The number of fused-ring (bicyclic) bond motifs is 3. The van der Waals surface area contributed by atoms with Crippen molar-refractivity contribution in [2.24, 2.45) is 5.41 Å². The zero-order chi connectivity index (χ0) is 23.0. The molecule has 0 saturated carbocycles. The third kappa shape index (κ3) is 4.13. The second-order valence-electron chi connectivity index (χ2n) is 9.56. The zero-order valence-electron chi connectivity index (χ0n) is 19.5. The summed E-state index contributed by atoms with van der Waals surface area (Å²) in [6.07, 6.45) is 8.59.